The second-order valence-corrected chi connectivity index (χ2v) is 5.80. The molecule has 1 aliphatic rings. The summed E-state index contributed by atoms with van der Waals surface area (Å²) in [4.78, 5) is 14.5. The monoisotopic (exact) mass is 250 g/mol. The van der Waals surface area contributed by atoms with E-state index in [9.17, 15) is 4.79 Å². The normalized spacial score (nSPS) is 16.3. The zero-order valence-corrected chi connectivity index (χ0v) is 11.3. The Morgan fingerprint density at radius 3 is 2.65 bits per heavy atom. The first-order valence-corrected chi connectivity index (χ1v) is 6.66. The summed E-state index contributed by atoms with van der Waals surface area (Å²) in [6.07, 6.45) is 0. The van der Waals surface area contributed by atoms with Crippen molar-refractivity contribution in [3.63, 3.8) is 0 Å². The SMILES string of the molecule is CC(C(=O)NC(C)c1ccc(C)s1)=C1CNC1. The van der Waals surface area contributed by atoms with Gasteiger partial charge in [0.15, 0.2) is 0 Å². The first kappa shape index (κ1) is 12.3. The van der Waals surface area contributed by atoms with Crippen LogP contribution in [0.4, 0.5) is 0 Å². The van der Waals surface area contributed by atoms with E-state index in [-0.39, 0.29) is 11.9 Å². The minimum Gasteiger partial charge on any atom is -0.345 e. The van der Waals surface area contributed by atoms with E-state index < -0.39 is 0 Å². The lowest BCUT2D eigenvalue weighted by atomic mass is 10.0. The molecule has 1 amide bonds. The maximum atomic E-state index is 12.0. The summed E-state index contributed by atoms with van der Waals surface area (Å²) in [7, 11) is 0. The molecule has 0 aromatic carbocycles. The molecular formula is C13H18N2OS. The van der Waals surface area contributed by atoms with E-state index in [1.54, 1.807) is 11.3 Å². The second kappa shape index (κ2) is 5.02. The Labute approximate surface area is 106 Å². The van der Waals surface area contributed by atoms with Gasteiger partial charge in [-0.1, -0.05) is 0 Å². The number of hydrogen-bond donors (Lipinski definition) is 2. The van der Waals surface area contributed by atoms with Gasteiger partial charge in [0.2, 0.25) is 5.91 Å². The van der Waals surface area contributed by atoms with Gasteiger partial charge in [-0.2, -0.15) is 0 Å². The van der Waals surface area contributed by atoms with Crippen LogP contribution in [0.3, 0.4) is 0 Å². The van der Waals surface area contributed by atoms with E-state index >= 15 is 0 Å². The lowest BCUT2D eigenvalue weighted by molar-refractivity contribution is -0.118. The fourth-order valence-corrected chi connectivity index (χ4v) is 2.62. The van der Waals surface area contributed by atoms with Crippen LogP contribution in [-0.4, -0.2) is 19.0 Å². The second-order valence-electron chi connectivity index (χ2n) is 4.48. The molecule has 0 saturated carbocycles. The fourth-order valence-electron chi connectivity index (χ4n) is 1.74. The molecule has 1 aliphatic heterocycles. The zero-order chi connectivity index (χ0) is 12.4. The summed E-state index contributed by atoms with van der Waals surface area (Å²) in [6.45, 7) is 7.71. The maximum absolute atomic E-state index is 12.0. The Bertz CT molecular complexity index is 456. The quantitative estimate of drug-likeness (QED) is 0.807. The number of hydrogen-bond acceptors (Lipinski definition) is 3. The van der Waals surface area contributed by atoms with Crippen LogP contribution in [-0.2, 0) is 4.79 Å². The minimum absolute atomic E-state index is 0.0556. The van der Waals surface area contributed by atoms with Crippen molar-refractivity contribution in [1.29, 1.82) is 0 Å². The Morgan fingerprint density at radius 2 is 2.18 bits per heavy atom. The van der Waals surface area contributed by atoms with Gasteiger partial charge in [0.05, 0.1) is 6.04 Å². The largest absolute Gasteiger partial charge is 0.345 e. The summed E-state index contributed by atoms with van der Waals surface area (Å²) in [5.74, 6) is 0.0556. The van der Waals surface area contributed by atoms with Crippen molar-refractivity contribution >= 4 is 17.2 Å². The van der Waals surface area contributed by atoms with Gasteiger partial charge in [-0.15, -0.1) is 11.3 Å². The molecular weight excluding hydrogens is 232 g/mol. The van der Waals surface area contributed by atoms with Gasteiger partial charge in [-0.25, -0.2) is 0 Å². The van der Waals surface area contributed by atoms with E-state index in [1.807, 2.05) is 13.8 Å². The number of carbonyl (C=O) groups excluding carboxylic acids is 1. The van der Waals surface area contributed by atoms with Crippen LogP contribution in [0.5, 0.6) is 0 Å². The molecule has 1 atom stereocenters. The predicted octanol–water partition coefficient (Wildman–Crippen LogP) is 2.15. The van der Waals surface area contributed by atoms with Crippen LogP contribution in [0, 0.1) is 6.92 Å². The molecule has 1 saturated heterocycles. The molecule has 92 valence electrons. The third-order valence-electron chi connectivity index (χ3n) is 3.08. The van der Waals surface area contributed by atoms with E-state index in [0.29, 0.717) is 0 Å². The van der Waals surface area contributed by atoms with Crippen LogP contribution in [0.2, 0.25) is 0 Å². The zero-order valence-electron chi connectivity index (χ0n) is 10.5. The Hall–Kier alpha value is -1.13. The molecule has 0 spiro atoms. The highest BCUT2D eigenvalue weighted by molar-refractivity contribution is 7.12. The predicted molar refractivity (Wildman–Crippen MR) is 71.2 cm³/mol. The molecule has 3 nitrogen and oxygen atoms in total. The third-order valence-corrected chi connectivity index (χ3v) is 4.27. The van der Waals surface area contributed by atoms with Crippen molar-refractivity contribution in [3.8, 4) is 0 Å². The molecule has 2 rings (SSSR count). The van der Waals surface area contributed by atoms with Gasteiger partial charge in [0.25, 0.3) is 0 Å². The summed E-state index contributed by atoms with van der Waals surface area (Å²) in [6, 6.07) is 4.26. The number of thiophene rings is 1. The molecule has 1 fully saturated rings. The highest BCUT2D eigenvalue weighted by atomic mass is 32.1. The average Bonchev–Trinajstić information content (AvgIpc) is 2.62. The van der Waals surface area contributed by atoms with Gasteiger partial charge in [0.1, 0.15) is 0 Å². The number of amides is 1. The molecule has 0 bridgehead atoms. The topological polar surface area (TPSA) is 41.1 Å². The molecule has 2 heterocycles. The van der Waals surface area contributed by atoms with Gasteiger partial charge in [-0.05, 0) is 38.5 Å². The lowest BCUT2D eigenvalue weighted by Gasteiger charge is -2.22. The lowest BCUT2D eigenvalue weighted by Crippen LogP contribution is -2.38. The van der Waals surface area contributed by atoms with Crippen LogP contribution in [0.15, 0.2) is 23.3 Å². The van der Waals surface area contributed by atoms with E-state index in [0.717, 1.165) is 18.7 Å². The van der Waals surface area contributed by atoms with Crippen molar-refractivity contribution in [2.24, 2.45) is 0 Å². The molecule has 17 heavy (non-hydrogen) atoms. The third kappa shape index (κ3) is 2.76. The molecule has 1 unspecified atom stereocenters. The van der Waals surface area contributed by atoms with Crippen molar-refractivity contribution in [2.45, 2.75) is 26.8 Å². The van der Waals surface area contributed by atoms with Gasteiger partial charge < -0.3 is 10.6 Å². The van der Waals surface area contributed by atoms with E-state index in [2.05, 4.69) is 29.7 Å². The minimum atomic E-state index is 0.0556. The van der Waals surface area contributed by atoms with Crippen molar-refractivity contribution in [3.05, 3.63) is 33.0 Å². The molecule has 1 aromatic heterocycles. The summed E-state index contributed by atoms with van der Waals surface area (Å²) >= 11 is 1.73. The molecule has 0 aliphatic carbocycles. The van der Waals surface area contributed by atoms with E-state index in [4.69, 9.17) is 0 Å². The van der Waals surface area contributed by atoms with Crippen LogP contribution in [0.25, 0.3) is 0 Å². The molecule has 2 N–H and O–H groups in total. The van der Waals surface area contributed by atoms with Gasteiger partial charge >= 0.3 is 0 Å². The Kier molecular flexibility index (Phi) is 3.64. The van der Waals surface area contributed by atoms with Gasteiger partial charge in [-0.3, -0.25) is 4.79 Å². The number of carbonyl (C=O) groups is 1. The molecule has 0 radical (unpaired) electrons. The standard InChI is InChI=1S/C13H18N2OS/c1-8-4-5-12(17-8)10(3)15-13(16)9(2)11-6-14-7-11/h4-5,10,14H,6-7H2,1-3H3,(H,15,16). The number of rotatable bonds is 3. The molecule has 1 aromatic rings. The van der Waals surface area contributed by atoms with Gasteiger partial charge in [0, 0.05) is 28.4 Å². The number of aryl methyl sites for hydroxylation is 1. The highest BCUT2D eigenvalue weighted by Crippen LogP contribution is 2.22. The Balaban J connectivity index is 1.99. The van der Waals surface area contributed by atoms with Crippen LogP contribution in [0.1, 0.15) is 29.6 Å². The molecule has 4 heteroatoms. The average molecular weight is 250 g/mol. The van der Waals surface area contributed by atoms with Crippen molar-refractivity contribution in [2.75, 3.05) is 13.1 Å². The Morgan fingerprint density at radius 1 is 1.47 bits per heavy atom. The van der Waals surface area contributed by atoms with Crippen molar-refractivity contribution < 1.29 is 4.79 Å². The van der Waals surface area contributed by atoms with Crippen LogP contribution < -0.4 is 10.6 Å². The summed E-state index contributed by atoms with van der Waals surface area (Å²) < 4.78 is 0. The fraction of sp³-hybridized carbons (Fsp3) is 0.462. The first-order valence-electron chi connectivity index (χ1n) is 5.84. The summed E-state index contributed by atoms with van der Waals surface area (Å²) in [5.41, 5.74) is 2.08. The maximum Gasteiger partial charge on any atom is 0.247 e. The van der Waals surface area contributed by atoms with Crippen LogP contribution >= 0.6 is 11.3 Å². The summed E-state index contributed by atoms with van der Waals surface area (Å²) in [5, 5.41) is 6.19. The smallest absolute Gasteiger partial charge is 0.247 e. The highest BCUT2D eigenvalue weighted by Gasteiger charge is 2.18. The van der Waals surface area contributed by atoms with Crippen molar-refractivity contribution in [1.82, 2.24) is 10.6 Å². The first-order chi connectivity index (χ1) is 8.08. The van der Waals surface area contributed by atoms with E-state index in [1.165, 1.54) is 15.3 Å². The number of nitrogens with one attached hydrogen (secondary N) is 2.